The van der Waals surface area contributed by atoms with Gasteiger partial charge in [0.05, 0.1) is 0 Å². The predicted molar refractivity (Wildman–Crippen MR) is 42.0 cm³/mol. The Balaban J connectivity index is 3.00. The van der Waals surface area contributed by atoms with Crippen LogP contribution in [0, 0.1) is 5.92 Å². The van der Waals surface area contributed by atoms with Gasteiger partial charge in [-0.2, -0.15) is 0 Å². The van der Waals surface area contributed by atoms with E-state index in [0.717, 1.165) is 25.9 Å². The first-order valence-corrected chi connectivity index (χ1v) is 3.91. The smallest absolute Gasteiger partial charge is 0.0464 e. The Morgan fingerprint density at radius 2 is 2.10 bits per heavy atom. The van der Waals surface area contributed by atoms with Crippen LogP contribution in [0.1, 0.15) is 26.2 Å². The number of hydrogen-bond donors (Lipinski definition) is 1. The Kier molecular flexibility index (Phi) is 6.98. The lowest BCUT2D eigenvalue weighted by Crippen LogP contribution is -2.00. The van der Waals surface area contributed by atoms with Crippen molar-refractivity contribution in [3.05, 3.63) is 0 Å². The number of aliphatic hydroxyl groups is 1. The molecule has 0 aromatic rings. The number of hydrogen-bond acceptors (Lipinski definition) is 2. The van der Waals surface area contributed by atoms with Crippen molar-refractivity contribution in [2.75, 3.05) is 20.3 Å². The highest BCUT2D eigenvalue weighted by molar-refractivity contribution is 4.51. The third-order valence-corrected chi connectivity index (χ3v) is 1.67. The second kappa shape index (κ2) is 7.03. The van der Waals surface area contributed by atoms with Crippen molar-refractivity contribution in [2.24, 2.45) is 5.92 Å². The van der Waals surface area contributed by atoms with Crippen molar-refractivity contribution >= 4 is 0 Å². The van der Waals surface area contributed by atoms with Crippen LogP contribution >= 0.6 is 0 Å². The Hall–Kier alpha value is -0.0800. The van der Waals surface area contributed by atoms with Crippen LogP contribution in [0.15, 0.2) is 0 Å². The summed E-state index contributed by atoms with van der Waals surface area (Å²) in [6.07, 6.45) is 3.14. The SMILES string of the molecule is COCCC(C)CCCO. The molecule has 2 heteroatoms. The maximum absolute atomic E-state index is 8.51. The van der Waals surface area contributed by atoms with Gasteiger partial charge in [-0.3, -0.25) is 0 Å². The zero-order valence-corrected chi connectivity index (χ0v) is 6.97. The van der Waals surface area contributed by atoms with Gasteiger partial charge in [0.1, 0.15) is 0 Å². The molecular formula is C8H18O2. The molecule has 10 heavy (non-hydrogen) atoms. The van der Waals surface area contributed by atoms with Crippen molar-refractivity contribution in [3.63, 3.8) is 0 Å². The number of rotatable bonds is 6. The quantitative estimate of drug-likeness (QED) is 0.614. The van der Waals surface area contributed by atoms with Crippen LogP contribution in [0.4, 0.5) is 0 Å². The highest BCUT2D eigenvalue weighted by Crippen LogP contribution is 2.08. The molecule has 0 aromatic heterocycles. The lowest BCUT2D eigenvalue weighted by Gasteiger charge is -2.08. The fourth-order valence-corrected chi connectivity index (χ4v) is 0.903. The monoisotopic (exact) mass is 146 g/mol. The molecule has 0 fully saturated rings. The standard InChI is InChI=1S/C8H18O2/c1-8(4-3-6-9)5-7-10-2/h8-9H,3-7H2,1-2H3. The predicted octanol–water partition coefficient (Wildman–Crippen LogP) is 1.43. The molecule has 0 aliphatic heterocycles. The molecular weight excluding hydrogens is 128 g/mol. The van der Waals surface area contributed by atoms with Crippen LogP contribution in [0.2, 0.25) is 0 Å². The summed E-state index contributed by atoms with van der Waals surface area (Å²) >= 11 is 0. The highest BCUT2D eigenvalue weighted by Gasteiger charge is 1.99. The van der Waals surface area contributed by atoms with Crippen LogP contribution in [0.25, 0.3) is 0 Å². The average Bonchev–Trinajstić information content (AvgIpc) is 1.97. The van der Waals surface area contributed by atoms with E-state index in [1.165, 1.54) is 0 Å². The summed E-state index contributed by atoms with van der Waals surface area (Å²) < 4.78 is 4.93. The van der Waals surface area contributed by atoms with Gasteiger partial charge in [0.2, 0.25) is 0 Å². The minimum Gasteiger partial charge on any atom is -0.396 e. The summed E-state index contributed by atoms with van der Waals surface area (Å²) in [6.45, 7) is 3.35. The summed E-state index contributed by atoms with van der Waals surface area (Å²) in [7, 11) is 1.72. The lowest BCUT2D eigenvalue weighted by atomic mass is 10.0. The molecule has 0 aliphatic carbocycles. The van der Waals surface area contributed by atoms with E-state index in [1.54, 1.807) is 7.11 Å². The Morgan fingerprint density at radius 1 is 1.40 bits per heavy atom. The van der Waals surface area contributed by atoms with Crippen molar-refractivity contribution in [1.29, 1.82) is 0 Å². The first kappa shape index (κ1) is 9.92. The van der Waals surface area contributed by atoms with Gasteiger partial charge in [0.15, 0.2) is 0 Å². The first-order valence-electron chi connectivity index (χ1n) is 3.91. The maximum atomic E-state index is 8.51. The van der Waals surface area contributed by atoms with Gasteiger partial charge in [-0.05, 0) is 25.2 Å². The number of ether oxygens (including phenoxy) is 1. The number of methoxy groups -OCH3 is 1. The normalized spacial score (nSPS) is 13.5. The fourth-order valence-electron chi connectivity index (χ4n) is 0.903. The van der Waals surface area contributed by atoms with Gasteiger partial charge in [-0.15, -0.1) is 0 Å². The van der Waals surface area contributed by atoms with Crippen LogP contribution in [0.3, 0.4) is 0 Å². The van der Waals surface area contributed by atoms with Gasteiger partial charge < -0.3 is 9.84 Å². The van der Waals surface area contributed by atoms with Gasteiger partial charge in [-0.25, -0.2) is 0 Å². The number of aliphatic hydroxyl groups excluding tert-OH is 1. The van der Waals surface area contributed by atoms with E-state index in [4.69, 9.17) is 9.84 Å². The van der Waals surface area contributed by atoms with Crippen molar-refractivity contribution in [3.8, 4) is 0 Å². The molecule has 0 aromatic carbocycles. The molecule has 2 nitrogen and oxygen atoms in total. The topological polar surface area (TPSA) is 29.5 Å². The van der Waals surface area contributed by atoms with E-state index < -0.39 is 0 Å². The largest absolute Gasteiger partial charge is 0.396 e. The maximum Gasteiger partial charge on any atom is 0.0464 e. The fraction of sp³-hybridized carbons (Fsp3) is 1.00. The molecule has 62 valence electrons. The molecule has 0 spiro atoms. The summed E-state index contributed by atoms with van der Waals surface area (Å²) in [5, 5.41) is 8.51. The first-order chi connectivity index (χ1) is 4.81. The van der Waals surface area contributed by atoms with Crippen LogP contribution in [-0.2, 0) is 4.74 Å². The minimum absolute atomic E-state index is 0.317. The molecule has 0 rings (SSSR count). The van der Waals surface area contributed by atoms with Crippen LogP contribution < -0.4 is 0 Å². The highest BCUT2D eigenvalue weighted by atomic mass is 16.5. The van der Waals surface area contributed by atoms with Crippen molar-refractivity contribution in [1.82, 2.24) is 0 Å². The second-order valence-electron chi connectivity index (χ2n) is 2.75. The van der Waals surface area contributed by atoms with E-state index in [-0.39, 0.29) is 0 Å². The Labute approximate surface area is 63.2 Å². The average molecular weight is 146 g/mol. The van der Waals surface area contributed by atoms with Gasteiger partial charge in [0, 0.05) is 20.3 Å². The van der Waals surface area contributed by atoms with E-state index in [2.05, 4.69) is 6.92 Å². The molecule has 1 N–H and O–H groups in total. The molecule has 0 radical (unpaired) electrons. The van der Waals surface area contributed by atoms with Crippen LogP contribution in [0.5, 0.6) is 0 Å². The molecule has 0 bridgehead atoms. The summed E-state index contributed by atoms with van der Waals surface area (Å²) in [5.74, 6) is 0.687. The summed E-state index contributed by atoms with van der Waals surface area (Å²) in [6, 6.07) is 0. The Bertz CT molecular complexity index is 56.3. The molecule has 0 heterocycles. The van der Waals surface area contributed by atoms with Gasteiger partial charge in [-0.1, -0.05) is 6.92 Å². The second-order valence-corrected chi connectivity index (χ2v) is 2.75. The van der Waals surface area contributed by atoms with E-state index >= 15 is 0 Å². The summed E-state index contributed by atoms with van der Waals surface area (Å²) in [5.41, 5.74) is 0. The van der Waals surface area contributed by atoms with Crippen molar-refractivity contribution < 1.29 is 9.84 Å². The van der Waals surface area contributed by atoms with E-state index in [0.29, 0.717) is 12.5 Å². The van der Waals surface area contributed by atoms with Gasteiger partial charge >= 0.3 is 0 Å². The minimum atomic E-state index is 0.317. The van der Waals surface area contributed by atoms with Crippen molar-refractivity contribution in [2.45, 2.75) is 26.2 Å². The zero-order valence-electron chi connectivity index (χ0n) is 6.97. The summed E-state index contributed by atoms with van der Waals surface area (Å²) in [4.78, 5) is 0. The third-order valence-electron chi connectivity index (χ3n) is 1.67. The lowest BCUT2D eigenvalue weighted by molar-refractivity contribution is 0.175. The molecule has 1 atom stereocenters. The third kappa shape index (κ3) is 6.05. The van der Waals surface area contributed by atoms with Crippen LogP contribution in [-0.4, -0.2) is 25.4 Å². The molecule has 1 unspecified atom stereocenters. The molecule has 0 amide bonds. The van der Waals surface area contributed by atoms with E-state index in [9.17, 15) is 0 Å². The molecule has 0 aliphatic rings. The molecule has 0 saturated heterocycles. The molecule has 0 saturated carbocycles. The Morgan fingerprint density at radius 3 is 2.60 bits per heavy atom. The van der Waals surface area contributed by atoms with E-state index in [1.807, 2.05) is 0 Å². The van der Waals surface area contributed by atoms with Gasteiger partial charge in [0.25, 0.3) is 0 Å². The zero-order chi connectivity index (χ0) is 7.82.